The first-order valence-corrected chi connectivity index (χ1v) is 7.82. The van der Waals surface area contributed by atoms with Crippen molar-refractivity contribution in [2.75, 3.05) is 39.9 Å². The number of nitrogens with zero attached hydrogens (tertiary/aromatic N) is 2. The summed E-state index contributed by atoms with van der Waals surface area (Å²) in [6.07, 6.45) is 8.07. The van der Waals surface area contributed by atoms with Crippen LogP contribution in [0.5, 0.6) is 0 Å². The van der Waals surface area contributed by atoms with Gasteiger partial charge in [-0.1, -0.05) is 13.3 Å². The maximum Gasteiger partial charge on any atom is 0.0462 e. The molecule has 0 radical (unpaired) electrons. The molecular formula is C15H30N2O. The van der Waals surface area contributed by atoms with E-state index in [9.17, 15) is 0 Å². The Bertz CT molecular complexity index is 235. The highest BCUT2D eigenvalue weighted by Crippen LogP contribution is 2.25. The van der Waals surface area contributed by atoms with Crippen molar-refractivity contribution in [3.63, 3.8) is 0 Å². The second-order valence-electron chi connectivity index (χ2n) is 5.90. The Kier molecular flexibility index (Phi) is 5.93. The molecule has 2 unspecified atom stereocenters. The number of fused-ring (bicyclic) bond motifs is 1. The molecule has 0 N–H and O–H groups in total. The molecule has 2 fully saturated rings. The molecule has 0 spiro atoms. The summed E-state index contributed by atoms with van der Waals surface area (Å²) in [5, 5.41) is 0. The van der Waals surface area contributed by atoms with E-state index < -0.39 is 0 Å². The molecule has 3 nitrogen and oxygen atoms in total. The van der Waals surface area contributed by atoms with Crippen molar-refractivity contribution in [2.24, 2.45) is 0 Å². The number of piperidine rings is 1. The number of piperazine rings is 1. The number of unbranched alkanes of at least 4 members (excludes halogenated alkanes) is 1. The summed E-state index contributed by atoms with van der Waals surface area (Å²) in [5.41, 5.74) is 0. The standard InChI is InChI=1S/C15H30N2O/c1-3-14-12-17-9-5-4-8-15(17)13-16(14)10-6-7-11-18-2/h14-15H,3-13H2,1-2H3. The third-order valence-electron chi connectivity index (χ3n) is 4.67. The van der Waals surface area contributed by atoms with E-state index in [1.165, 1.54) is 64.7 Å². The summed E-state index contributed by atoms with van der Waals surface area (Å²) in [4.78, 5) is 5.51. The van der Waals surface area contributed by atoms with Crippen LogP contribution in [0.2, 0.25) is 0 Å². The molecule has 2 aliphatic rings. The summed E-state index contributed by atoms with van der Waals surface area (Å²) in [5.74, 6) is 0. The minimum Gasteiger partial charge on any atom is -0.385 e. The van der Waals surface area contributed by atoms with E-state index in [4.69, 9.17) is 4.74 Å². The van der Waals surface area contributed by atoms with Crippen LogP contribution in [0.15, 0.2) is 0 Å². The van der Waals surface area contributed by atoms with Gasteiger partial charge in [-0.2, -0.15) is 0 Å². The van der Waals surface area contributed by atoms with Crippen molar-refractivity contribution >= 4 is 0 Å². The van der Waals surface area contributed by atoms with Crippen LogP contribution < -0.4 is 0 Å². The van der Waals surface area contributed by atoms with Crippen molar-refractivity contribution in [1.29, 1.82) is 0 Å². The normalized spacial score (nSPS) is 30.3. The Hall–Kier alpha value is -0.120. The zero-order valence-electron chi connectivity index (χ0n) is 12.2. The van der Waals surface area contributed by atoms with Gasteiger partial charge in [0.15, 0.2) is 0 Å². The summed E-state index contributed by atoms with van der Waals surface area (Å²) >= 11 is 0. The van der Waals surface area contributed by atoms with Gasteiger partial charge in [-0.25, -0.2) is 0 Å². The minimum atomic E-state index is 0.793. The molecular weight excluding hydrogens is 224 g/mol. The molecule has 3 heteroatoms. The molecule has 0 bridgehead atoms. The molecule has 0 aromatic rings. The van der Waals surface area contributed by atoms with Crippen LogP contribution in [-0.4, -0.2) is 61.8 Å². The minimum absolute atomic E-state index is 0.793. The van der Waals surface area contributed by atoms with Gasteiger partial charge in [0.05, 0.1) is 0 Å². The van der Waals surface area contributed by atoms with Gasteiger partial charge in [-0.3, -0.25) is 9.80 Å². The van der Waals surface area contributed by atoms with E-state index in [2.05, 4.69) is 16.7 Å². The van der Waals surface area contributed by atoms with Crippen LogP contribution in [0.25, 0.3) is 0 Å². The number of hydrogen-bond donors (Lipinski definition) is 0. The van der Waals surface area contributed by atoms with E-state index in [0.29, 0.717) is 0 Å². The Labute approximate surface area is 112 Å². The zero-order chi connectivity index (χ0) is 12.8. The largest absolute Gasteiger partial charge is 0.385 e. The molecule has 18 heavy (non-hydrogen) atoms. The monoisotopic (exact) mass is 254 g/mol. The van der Waals surface area contributed by atoms with Gasteiger partial charge >= 0.3 is 0 Å². The predicted octanol–water partition coefficient (Wildman–Crippen LogP) is 2.36. The van der Waals surface area contributed by atoms with Gasteiger partial charge in [0.2, 0.25) is 0 Å². The van der Waals surface area contributed by atoms with Crippen LogP contribution in [0.1, 0.15) is 45.4 Å². The number of methoxy groups -OCH3 is 1. The lowest BCUT2D eigenvalue weighted by atomic mass is 9.95. The van der Waals surface area contributed by atoms with Gasteiger partial charge in [0.25, 0.3) is 0 Å². The predicted molar refractivity (Wildman–Crippen MR) is 76.0 cm³/mol. The van der Waals surface area contributed by atoms with Crippen molar-refractivity contribution in [3.8, 4) is 0 Å². The maximum atomic E-state index is 5.14. The molecule has 2 atom stereocenters. The zero-order valence-corrected chi connectivity index (χ0v) is 12.2. The Balaban J connectivity index is 1.80. The van der Waals surface area contributed by atoms with E-state index in [-0.39, 0.29) is 0 Å². The number of rotatable bonds is 6. The maximum absolute atomic E-state index is 5.14. The van der Waals surface area contributed by atoms with E-state index in [1.807, 2.05) is 0 Å². The second kappa shape index (κ2) is 7.46. The number of ether oxygens (including phenoxy) is 1. The summed E-state index contributed by atoms with van der Waals surface area (Å²) in [6.45, 7) is 8.50. The van der Waals surface area contributed by atoms with Crippen molar-refractivity contribution in [3.05, 3.63) is 0 Å². The van der Waals surface area contributed by atoms with Gasteiger partial charge < -0.3 is 4.74 Å². The molecule has 0 aromatic heterocycles. The average molecular weight is 254 g/mol. The lowest BCUT2D eigenvalue weighted by Crippen LogP contribution is -2.59. The first kappa shape index (κ1) is 14.3. The second-order valence-corrected chi connectivity index (χ2v) is 5.90. The van der Waals surface area contributed by atoms with Crippen LogP contribution in [0.4, 0.5) is 0 Å². The Morgan fingerprint density at radius 2 is 2.06 bits per heavy atom. The topological polar surface area (TPSA) is 15.7 Å². The molecule has 0 saturated carbocycles. The molecule has 2 saturated heterocycles. The van der Waals surface area contributed by atoms with Gasteiger partial charge in [0, 0.05) is 38.9 Å². The van der Waals surface area contributed by atoms with Crippen molar-refractivity contribution in [1.82, 2.24) is 9.80 Å². The van der Waals surface area contributed by atoms with Gasteiger partial charge in [0.1, 0.15) is 0 Å². The van der Waals surface area contributed by atoms with E-state index in [1.54, 1.807) is 7.11 Å². The molecule has 0 aromatic carbocycles. The lowest BCUT2D eigenvalue weighted by molar-refractivity contribution is 0.00619. The number of hydrogen-bond acceptors (Lipinski definition) is 3. The summed E-state index contributed by atoms with van der Waals surface area (Å²) in [6, 6.07) is 1.64. The lowest BCUT2D eigenvalue weighted by Gasteiger charge is -2.48. The highest BCUT2D eigenvalue weighted by Gasteiger charge is 2.33. The Morgan fingerprint density at radius 1 is 1.17 bits per heavy atom. The van der Waals surface area contributed by atoms with Gasteiger partial charge in [-0.15, -0.1) is 0 Å². The van der Waals surface area contributed by atoms with Crippen molar-refractivity contribution < 1.29 is 4.74 Å². The van der Waals surface area contributed by atoms with Crippen LogP contribution >= 0.6 is 0 Å². The SMILES string of the molecule is CCC1CN2CCCCC2CN1CCCCOC. The van der Waals surface area contributed by atoms with Crippen LogP contribution in [0.3, 0.4) is 0 Å². The molecule has 0 amide bonds. The molecule has 2 rings (SSSR count). The molecule has 2 heterocycles. The fourth-order valence-electron chi connectivity index (χ4n) is 3.54. The van der Waals surface area contributed by atoms with Crippen molar-refractivity contribution in [2.45, 2.75) is 57.5 Å². The van der Waals surface area contributed by atoms with Gasteiger partial charge in [-0.05, 0) is 45.2 Å². The third-order valence-corrected chi connectivity index (χ3v) is 4.67. The third kappa shape index (κ3) is 3.69. The highest BCUT2D eigenvalue weighted by atomic mass is 16.5. The fraction of sp³-hybridized carbons (Fsp3) is 1.00. The van der Waals surface area contributed by atoms with Crippen LogP contribution in [-0.2, 0) is 4.74 Å². The molecule has 2 aliphatic heterocycles. The first-order chi connectivity index (χ1) is 8.85. The average Bonchev–Trinajstić information content (AvgIpc) is 2.42. The van der Waals surface area contributed by atoms with E-state index in [0.717, 1.165) is 18.7 Å². The highest BCUT2D eigenvalue weighted by molar-refractivity contribution is 4.90. The molecule has 0 aliphatic carbocycles. The Morgan fingerprint density at radius 3 is 2.83 bits per heavy atom. The van der Waals surface area contributed by atoms with Crippen LogP contribution in [0, 0.1) is 0 Å². The summed E-state index contributed by atoms with van der Waals surface area (Å²) in [7, 11) is 1.80. The quantitative estimate of drug-likeness (QED) is 0.677. The fourth-order valence-corrected chi connectivity index (χ4v) is 3.54. The first-order valence-electron chi connectivity index (χ1n) is 7.82. The smallest absolute Gasteiger partial charge is 0.0462 e. The summed E-state index contributed by atoms with van der Waals surface area (Å²) < 4.78 is 5.14. The van der Waals surface area contributed by atoms with E-state index >= 15 is 0 Å². The molecule has 106 valence electrons.